The molecule has 1 heterocycles. The highest BCUT2D eigenvalue weighted by molar-refractivity contribution is 7.89. The zero-order valence-corrected chi connectivity index (χ0v) is 23.3. The van der Waals surface area contributed by atoms with E-state index in [1.54, 1.807) is 26.1 Å². The number of likely N-dealkylation sites (N-methyl/N-ethyl adjacent to an activating group) is 1. The largest absolute Gasteiger partial charge is 0.487 e. The Morgan fingerprint density at radius 3 is 2.41 bits per heavy atom. The summed E-state index contributed by atoms with van der Waals surface area (Å²) in [5.41, 5.74) is 3.25. The summed E-state index contributed by atoms with van der Waals surface area (Å²) in [4.78, 5) is 14.3. The number of anilines is 1. The lowest BCUT2D eigenvalue weighted by Gasteiger charge is -2.37. The van der Waals surface area contributed by atoms with Crippen LogP contribution in [0.25, 0.3) is 11.1 Å². The fraction of sp³-hybridized carbons (Fsp3) is 0.345. The minimum Gasteiger partial charge on any atom is -0.487 e. The molecule has 2 amide bonds. The van der Waals surface area contributed by atoms with Crippen molar-refractivity contribution >= 4 is 21.7 Å². The molecule has 0 bridgehead atoms. The van der Waals surface area contributed by atoms with Gasteiger partial charge >= 0.3 is 6.03 Å². The number of rotatable bonds is 6. The number of amides is 2. The molecule has 0 fully saturated rings. The first-order chi connectivity index (χ1) is 18.5. The van der Waals surface area contributed by atoms with Crippen molar-refractivity contribution < 1.29 is 27.4 Å². The highest BCUT2D eigenvalue weighted by atomic mass is 32.2. The first kappa shape index (κ1) is 28.5. The molecule has 1 aliphatic rings. The number of benzene rings is 3. The third kappa shape index (κ3) is 6.41. The van der Waals surface area contributed by atoms with E-state index >= 15 is 0 Å². The second-order valence-corrected chi connectivity index (χ2v) is 11.9. The van der Waals surface area contributed by atoms with Crippen LogP contribution in [0.4, 0.5) is 14.9 Å². The van der Waals surface area contributed by atoms with Crippen molar-refractivity contribution in [2.24, 2.45) is 5.92 Å². The Bertz CT molecular complexity index is 1410. The molecule has 39 heavy (non-hydrogen) atoms. The summed E-state index contributed by atoms with van der Waals surface area (Å²) in [6, 6.07) is 17.3. The number of carbonyl (C=O) groups excluding carboxylic acids is 1. The molecule has 8 nitrogen and oxygen atoms in total. The Morgan fingerprint density at radius 2 is 1.77 bits per heavy atom. The number of fused-ring (bicyclic) bond motifs is 1. The average Bonchev–Trinajstić information content (AvgIpc) is 2.91. The van der Waals surface area contributed by atoms with Crippen molar-refractivity contribution in [1.82, 2.24) is 9.21 Å². The number of halogens is 1. The highest BCUT2D eigenvalue weighted by Crippen LogP contribution is 2.36. The van der Waals surface area contributed by atoms with E-state index in [2.05, 4.69) is 5.32 Å². The van der Waals surface area contributed by atoms with Gasteiger partial charge in [0.1, 0.15) is 22.6 Å². The summed E-state index contributed by atoms with van der Waals surface area (Å²) >= 11 is 0. The van der Waals surface area contributed by atoms with Gasteiger partial charge in [-0.15, -0.1) is 0 Å². The van der Waals surface area contributed by atoms with Crippen LogP contribution >= 0.6 is 0 Å². The quantitative estimate of drug-likeness (QED) is 0.458. The molecule has 0 unspecified atom stereocenters. The molecule has 1 aliphatic heterocycles. The number of nitrogens with zero attached hydrogens (tertiary/aromatic N) is 2. The highest BCUT2D eigenvalue weighted by Gasteiger charge is 2.38. The molecular formula is C29H34FN3O5S. The molecule has 3 aromatic carbocycles. The van der Waals surface area contributed by atoms with Gasteiger partial charge < -0.3 is 20.1 Å². The molecule has 10 heteroatoms. The molecule has 4 rings (SSSR count). The van der Waals surface area contributed by atoms with Gasteiger partial charge in [-0.25, -0.2) is 17.6 Å². The van der Waals surface area contributed by atoms with Gasteiger partial charge in [-0.1, -0.05) is 42.8 Å². The van der Waals surface area contributed by atoms with Gasteiger partial charge in [-0.05, 0) is 61.4 Å². The maximum atomic E-state index is 13.7. The Hall–Kier alpha value is -3.47. The molecule has 0 radical (unpaired) electrons. The molecule has 0 saturated heterocycles. The van der Waals surface area contributed by atoms with Crippen LogP contribution in [0.2, 0.25) is 0 Å². The van der Waals surface area contributed by atoms with E-state index < -0.39 is 34.0 Å². The van der Waals surface area contributed by atoms with Crippen molar-refractivity contribution in [3.8, 4) is 16.9 Å². The number of ether oxygens (including phenoxy) is 1. The monoisotopic (exact) mass is 555 g/mol. The SMILES string of the molecule is Cc1ccc(-c2ccc3c(c2)O[C@@H](CN(C)C(=O)Nc2ccc(F)cc2)[C@H](C)CN([C@H](C)CO)S3(=O)=O)cc1. The van der Waals surface area contributed by atoms with E-state index in [-0.39, 0.29) is 36.3 Å². The fourth-order valence-electron chi connectivity index (χ4n) is 4.47. The van der Waals surface area contributed by atoms with Crippen LogP contribution in [0, 0.1) is 18.7 Å². The molecule has 0 aliphatic carbocycles. The van der Waals surface area contributed by atoms with Gasteiger partial charge in [0.05, 0.1) is 13.2 Å². The average molecular weight is 556 g/mol. The van der Waals surface area contributed by atoms with Crippen molar-refractivity contribution in [1.29, 1.82) is 0 Å². The Labute approximate surface area is 229 Å². The number of aliphatic hydroxyl groups excluding tert-OH is 1. The van der Waals surface area contributed by atoms with E-state index in [0.29, 0.717) is 5.69 Å². The van der Waals surface area contributed by atoms with Crippen LogP contribution < -0.4 is 10.1 Å². The summed E-state index contributed by atoms with van der Waals surface area (Å²) in [5.74, 6) is -0.545. The fourth-order valence-corrected chi connectivity index (χ4v) is 6.30. The predicted octanol–water partition coefficient (Wildman–Crippen LogP) is 4.73. The van der Waals surface area contributed by atoms with Crippen LogP contribution in [0.15, 0.2) is 71.6 Å². The summed E-state index contributed by atoms with van der Waals surface area (Å²) in [6.07, 6.45) is -0.565. The van der Waals surface area contributed by atoms with Crippen LogP contribution in [0.5, 0.6) is 5.75 Å². The first-order valence-corrected chi connectivity index (χ1v) is 14.2. The van der Waals surface area contributed by atoms with Crippen molar-refractivity contribution in [2.45, 2.75) is 37.8 Å². The van der Waals surface area contributed by atoms with Crippen LogP contribution in [-0.4, -0.2) is 67.7 Å². The number of urea groups is 1. The van der Waals surface area contributed by atoms with Crippen LogP contribution in [-0.2, 0) is 10.0 Å². The smallest absolute Gasteiger partial charge is 0.321 e. The Morgan fingerprint density at radius 1 is 1.13 bits per heavy atom. The van der Waals surface area contributed by atoms with Crippen molar-refractivity contribution in [2.75, 3.05) is 32.1 Å². The van der Waals surface area contributed by atoms with Crippen molar-refractivity contribution in [3.63, 3.8) is 0 Å². The van der Waals surface area contributed by atoms with Crippen LogP contribution in [0.3, 0.4) is 0 Å². The van der Waals surface area contributed by atoms with Gasteiger partial charge in [-0.2, -0.15) is 4.31 Å². The number of hydrogen-bond donors (Lipinski definition) is 2. The Balaban J connectivity index is 1.68. The molecule has 2 N–H and O–H groups in total. The number of sulfonamides is 1. The number of aryl methyl sites for hydroxylation is 1. The van der Waals surface area contributed by atoms with Crippen LogP contribution in [0.1, 0.15) is 19.4 Å². The zero-order valence-electron chi connectivity index (χ0n) is 22.5. The maximum Gasteiger partial charge on any atom is 0.321 e. The summed E-state index contributed by atoms with van der Waals surface area (Å²) in [6.45, 7) is 5.42. The van der Waals surface area contributed by atoms with Gasteiger partial charge in [0, 0.05) is 31.2 Å². The molecule has 3 atom stereocenters. The molecule has 0 spiro atoms. The molecule has 3 aromatic rings. The molecule has 0 aromatic heterocycles. The van der Waals surface area contributed by atoms with Gasteiger partial charge in [0.15, 0.2) is 0 Å². The van der Waals surface area contributed by atoms with E-state index in [1.807, 2.05) is 38.1 Å². The summed E-state index contributed by atoms with van der Waals surface area (Å²) in [7, 11) is -2.37. The third-order valence-corrected chi connectivity index (χ3v) is 8.97. The van der Waals surface area contributed by atoms with E-state index in [0.717, 1.165) is 16.7 Å². The normalized spacial score (nSPS) is 19.6. The second-order valence-electron chi connectivity index (χ2n) is 10.1. The number of nitrogens with one attached hydrogen (secondary N) is 1. The van der Waals surface area contributed by atoms with Gasteiger partial charge in [0.2, 0.25) is 10.0 Å². The lowest BCUT2D eigenvalue weighted by molar-refractivity contribution is 0.0830. The van der Waals surface area contributed by atoms with Crippen molar-refractivity contribution in [3.05, 3.63) is 78.1 Å². The first-order valence-electron chi connectivity index (χ1n) is 12.8. The van der Waals surface area contributed by atoms with Gasteiger partial charge in [0.25, 0.3) is 0 Å². The van der Waals surface area contributed by atoms with Gasteiger partial charge in [-0.3, -0.25) is 0 Å². The summed E-state index contributed by atoms with van der Waals surface area (Å²) < 4.78 is 48.4. The standard InChI is InChI=1S/C29H34FN3O5S/c1-19-5-7-22(8-6-19)23-9-14-28-26(15-23)38-27(20(2)16-33(21(3)18-34)39(28,36)37)17-32(4)29(35)31-25-12-10-24(30)11-13-25/h5-15,20-21,27,34H,16-18H2,1-4H3,(H,31,35)/t20-,21-,27+/m1/s1. The maximum absolute atomic E-state index is 13.7. The number of carbonyl (C=O) groups is 1. The summed E-state index contributed by atoms with van der Waals surface area (Å²) in [5, 5.41) is 12.6. The lowest BCUT2D eigenvalue weighted by Crippen LogP contribution is -2.50. The van der Waals surface area contributed by atoms with E-state index in [9.17, 15) is 22.7 Å². The predicted molar refractivity (Wildman–Crippen MR) is 149 cm³/mol. The Kier molecular flexibility index (Phi) is 8.58. The number of aliphatic hydroxyl groups is 1. The minimum absolute atomic E-state index is 0.00831. The van der Waals surface area contributed by atoms with E-state index in [4.69, 9.17) is 4.74 Å². The van der Waals surface area contributed by atoms with E-state index in [1.165, 1.54) is 39.5 Å². The molecule has 208 valence electrons. The minimum atomic E-state index is -3.98. The topological polar surface area (TPSA) is 99.2 Å². The second kappa shape index (κ2) is 11.7. The third-order valence-electron chi connectivity index (χ3n) is 6.95. The number of hydrogen-bond acceptors (Lipinski definition) is 5. The lowest BCUT2D eigenvalue weighted by atomic mass is 10.0. The molecular weight excluding hydrogens is 521 g/mol. The molecule has 0 saturated carbocycles. The zero-order chi connectivity index (χ0) is 28.3.